The van der Waals surface area contributed by atoms with E-state index in [9.17, 15) is 10.2 Å². The summed E-state index contributed by atoms with van der Waals surface area (Å²) in [5.74, 6) is -1.66. The molecule has 0 radical (unpaired) electrons. The number of aromatic amines is 1. The van der Waals surface area contributed by atoms with Crippen LogP contribution in [0.3, 0.4) is 0 Å². The molecular weight excluding hydrogens is 142 g/mol. The van der Waals surface area contributed by atoms with Gasteiger partial charge in [0.25, 0.3) is 0 Å². The molecule has 1 aliphatic carbocycles. The highest BCUT2D eigenvalue weighted by molar-refractivity contribution is 5.56. The van der Waals surface area contributed by atoms with Gasteiger partial charge in [0.1, 0.15) is 0 Å². The molecule has 0 fully saturated rings. The van der Waals surface area contributed by atoms with Gasteiger partial charge in [-0.3, -0.25) is 0 Å². The number of H-pyrrole nitrogens is 1. The molecule has 2 rings (SSSR count). The molecule has 1 aliphatic rings. The quantitative estimate of drug-likeness (QED) is 0.466. The van der Waals surface area contributed by atoms with E-state index in [0.29, 0.717) is 0 Å². The fraction of sp³-hybridized carbons (Fsp3) is 0.250. The van der Waals surface area contributed by atoms with Crippen molar-refractivity contribution in [2.24, 2.45) is 0 Å². The second-order valence-corrected chi connectivity index (χ2v) is 2.82. The lowest BCUT2D eigenvalue weighted by molar-refractivity contribution is -0.116. The molecule has 0 saturated carbocycles. The standard InChI is InChI=1S/C8H9NO2/c10-8(11)2-1-6-4-9-5-7(6)3-8/h1-2,4-5,9-11H,3H2. The molecule has 1 aromatic rings. The first kappa shape index (κ1) is 6.64. The van der Waals surface area contributed by atoms with E-state index < -0.39 is 5.79 Å². The third kappa shape index (κ3) is 1.08. The minimum atomic E-state index is -1.66. The van der Waals surface area contributed by atoms with Gasteiger partial charge in [-0.15, -0.1) is 0 Å². The molecule has 0 atom stereocenters. The second-order valence-electron chi connectivity index (χ2n) is 2.82. The van der Waals surface area contributed by atoms with Gasteiger partial charge in [0, 0.05) is 18.8 Å². The molecule has 1 heterocycles. The number of hydrogen-bond donors (Lipinski definition) is 3. The molecule has 0 spiro atoms. The molecule has 1 aromatic heterocycles. The Morgan fingerprint density at radius 1 is 1.36 bits per heavy atom. The van der Waals surface area contributed by atoms with Gasteiger partial charge >= 0.3 is 0 Å². The van der Waals surface area contributed by atoms with Crippen molar-refractivity contribution in [2.75, 3.05) is 0 Å². The first-order chi connectivity index (χ1) is 5.17. The van der Waals surface area contributed by atoms with Gasteiger partial charge in [0.05, 0.1) is 0 Å². The minimum Gasteiger partial charge on any atom is -0.367 e. The first-order valence-corrected chi connectivity index (χ1v) is 3.47. The Morgan fingerprint density at radius 2 is 2.18 bits per heavy atom. The number of nitrogens with one attached hydrogen (secondary N) is 1. The van der Waals surface area contributed by atoms with Gasteiger partial charge in [-0.2, -0.15) is 0 Å². The van der Waals surface area contributed by atoms with E-state index in [-0.39, 0.29) is 6.42 Å². The molecule has 58 valence electrons. The Bertz CT molecular complexity index is 299. The smallest absolute Gasteiger partial charge is 0.187 e. The molecule has 0 amide bonds. The maximum atomic E-state index is 9.19. The van der Waals surface area contributed by atoms with Crippen molar-refractivity contribution in [2.45, 2.75) is 12.2 Å². The molecule has 0 saturated heterocycles. The zero-order valence-electron chi connectivity index (χ0n) is 5.91. The average molecular weight is 151 g/mol. The van der Waals surface area contributed by atoms with Gasteiger partial charge in [-0.05, 0) is 17.2 Å². The lowest BCUT2D eigenvalue weighted by Crippen LogP contribution is -2.29. The maximum Gasteiger partial charge on any atom is 0.187 e. The lowest BCUT2D eigenvalue weighted by Gasteiger charge is -2.20. The van der Waals surface area contributed by atoms with Crippen LogP contribution in [0.2, 0.25) is 0 Å². The Kier molecular flexibility index (Phi) is 1.19. The summed E-state index contributed by atoms with van der Waals surface area (Å²) in [6.07, 6.45) is 6.97. The SMILES string of the molecule is OC1(O)C=Cc2c[nH]cc2C1. The summed E-state index contributed by atoms with van der Waals surface area (Å²) in [5, 5.41) is 18.4. The number of aromatic nitrogens is 1. The second kappa shape index (κ2) is 1.96. The van der Waals surface area contributed by atoms with Crippen molar-refractivity contribution in [3.8, 4) is 0 Å². The average Bonchev–Trinajstić information content (AvgIpc) is 2.31. The highest BCUT2D eigenvalue weighted by Gasteiger charge is 2.24. The van der Waals surface area contributed by atoms with Crippen LogP contribution in [0.25, 0.3) is 6.08 Å². The van der Waals surface area contributed by atoms with Gasteiger partial charge < -0.3 is 15.2 Å². The molecule has 0 aromatic carbocycles. The Morgan fingerprint density at radius 3 is 3.00 bits per heavy atom. The molecule has 0 bridgehead atoms. The van der Waals surface area contributed by atoms with Crippen LogP contribution in [0.15, 0.2) is 18.5 Å². The first-order valence-electron chi connectivity index (χ1n) is 3.47. The highest BCUT2D eigenvalue weighted by atomic mass is 16.5. The summed E-state index contributed by atoms with van der Waals surface area (Å²) >= 11 is 0. The minimum absolute atomic E-state index is 0.266. The summed E-state index contributed by atoms with van der Waals surface area (Å²) < 4.78 is 0. The molecule has 0 unspecified atom stereocenters. The van der Waals surface area contributed by atoms with E-state index in [2.05, 4.69) is 4.98 Å². The van der Waals surface area contributed by atoms with Crippen molar-refractivity contribution >= 4 is 6.08 Å². The van der Waals surface area contributed by atoms with E-state index in [1.165, 1.54) is 6.08 Å². The van der Waals surface area contributed by atoms with Crippen LogP contribution in [-0.4, -0.2) is 21.0 Å². The molecule has 3 heteroatoms. The maximum absolute atomic E-state index is 9.19. The van der Waals surface area contributed by atoms with Crippen molar-refractivity contribution in [1.82, 2.24) is 4.98 Å². The van der Waals surface area contributed by atoms with E-state index in [1.54, 1.807) is 12.3 Å². The largest absolute Gasteiger partial charge is 0.367 e. The van der Waals surface area contributed by atoms with E-state index >= 15 is 0 Å². The van der Waals surface area contributed by atoms with Crippen LogP contribution < -0.4 is 0 Å². The van der Waals surface area contributed by atoms with Crippen LogP contribution in [0, 0.1) is 0 Å². The molecule has 3 nitrogen and oxygen atoms in total. The molecule has 11 heavy (non-hydrogen) atoms. The summed E-state index contributed by atoms with van der Waals surface area (Å²) in [6.45, 7) is 0. The predicted molar refractivity (Wildman–Crippen MR) is 40.7 cm³/mol. The van der Waals surface area contributed by atoms with Crippen LogP contribution in [0.1, 0.15) is 11.1 Å². The molecular formula is C8H9NO2. The fourth-order valence-electron chi connectivity index (χ4n) is 1.28. The van der Waals surface area contributed by atoms with Crippen LogP contribution >= 0.6 is 0 Å². The zero-order valence-corrected chi connectivity index (χ0v) is 5.91. The summed E-state index contributed by atoms with van der Waals surface area (Å²) in [5.41, 5.74) is 1.97. The predicted octanol–water partition coefficient (Wildman–Crippen LogP) is 0.265. The van der Waals surface area contributed by atoms with Crippen LogP contribution in [0.5, 0.6) is 0 Å². The lowest BCUT2D eigenvalue weighted by atomic mass is 9.98. The van der Waals surface area contributed by atoms with Crippen molar-refractivity contribution in [3.63, 3.8) is 0 Å². The topological polar surface area (TPSA) is 56.2 Å². The summed E-state index contributed by atoms with van der Waals surface area (Å²) in [6, 6.07) is 0. The van der Waals surface area contributed by atoms with Gasteiger partial charge in [0.2, 0.25) is 0 Å². The number of aliphatic hydroxyl groups is 2. The monoisotopic (exact) mass is 151 g/mol. The number of fused-ring (bicyclic) bond motifs is 1. The number of hydrogen-bond acceptors (Lipinski definition) is 2. The van der Waals surface area contributed by atoms with Crippen molar-refractivity contribution in [3.05, 3.63) is 29.6 Å². The Labute approximate surface area is 64.0 Å². The van der Waals surface area contributed by atoms with E-state index in [0.717, 1.165) is 11.1 Å². The van der Waals surface area contributed by atoms with E-state index in [4.69, 9.17) is 0 Å². The Hall–Kier alpha value is -1.06. The van der Waals surface area contributed by atoms with Crippen molar-refractivity contribution in [1.29, 1.82) is 0 Å². The van der Waals surface area contributed by atoms with Gasteiger partial charge in [-0.1, -0.05) is 6.08 Å². The van der Waals surface area contributed by atoms with Gasteiger partial charge in [-0.25, -0.2) is 0 Å². The van der Waals surface area contributed by atoms with Crippen LogP contribution in [-0.2, 0) is 6.42 Å². The summed E-state index contributed by atoms with van der Waals surface area (Å²) in [7, 11) is 0. The summed E-state index contributed by atoms with van der Waals surface area (Å²) in [4.78, 5) is 2.90. The third-order valence-corrected chi connectivity index (χ3v) is 1.85. The van der Waals surface area contributed by atoms with Crippen molar-refractivity contribution < 1.29 is 10.2 Å². The third-order valence-electron chi connectivity index (χ3n) is 1.85. The van der Waals surface area contributed by atoms with Gasteiger partial charge in [0.15, 0.2) is 5.79 Å². The molecule has 0 aliphatic heterocycles. The Balaban J connectivity index is 2.44. The highest BCUT2D eigenvalue weighted by Crippen LogP contribution is 2.23. The number of rotatable bonds is 0. The zero-order chi connectivity index (χ0) is 7.90. The van der Waals surface area contributed by atoms with Crippen LogP contribution in [0.4, 0.5) is 0 Å². The van der Waals surface area contributed by atoms with E-state index in [1.807, 2.05) is 6.20 Å². The molecule has 3 N–H and O–H groups in total. The fourth-order valence-corrected chi connectivity index (χ4v) is 1.28. The normalized spacial score (nSPS) is 19.8.